The molecule has 19 heavy (non-hydrogen) atoms. The maximum absolute atomic E-state index is 10.7. The van der Waals surface area contributed by atoms with Gasteiger partial charge in [-0.15, -0.1) is 0 Å². The molecule has 4 nitrogen and oxygen atoms in total. The number of aryl methyl sites for hydroxylation is 1. The Morgan fingerprint density at radius 3 is 2.37 bits per heavy atom. The summed E-state index contributed by atoms with van der Waals surface area (Å²) in [5.74, 6) is -0.924. The van der Waals surface area contributed by atoms with Crippen LogP contribution in [0.4, 0.5) is 0 Å². The molecule has 2 unspecified atom stereocenters. The highest BCUT2D eigenvalue weighted by atomic mass is 16.4. The van der Waals surface area contributed by atoms with E-state index in [1.165, 1.54) is 5.56 Å². The van der Waals surface area contributed by atoms with E-state index >= 15 is 0 Å². The quantitative estimate of drug-likeness (QED) is 0.777. The van der Waals surface area contributed by atoms with Crippen molar-refractivity contribution in [2.45, 2.75) is 51.6 Å². The molecule has 1 rings (SSSR count). The molecule has 1 aromatic rings. The van der Waals surface area contributed by atoms with Crippen molar-refractivity contribution in [2.75, 3.05) is 0 Å². The number of benzene rings is 1. The number of hydrogen-bond donors (Lipinski definition) is 3. The van der Waals surface area contributed by atoms with Crippen LogP contribution in [-0.4, -0.2) is 17.1 Å². The van der Waals surface area contributed by atoms with Crippen LogP contribution in [-0.2, 0) is 10.2 Å². The number of carboxylic acid groups (broad SMARTS) is 1. The lowest BCUT2D eigenvalue weighted by Crippen LogP contribution is -2.36. The number of carbonyl (C=O) groups is 1. The summed E-state index contributed by atoms with van der Waals surface area (Å²) in [4.78, 5) is 10.7. The Balaban J connectivity index is 3.08. The Morgan fingerprint density at radius 2 is 1.89 bits per heavy atom. The minimum atomic E-state index is -0.924. The summed E-state index contributed by atoms with van der Waals surface area (Å²) < 4.78 is 0. The molecule has 0 aliphatic heterocycles. The first-order chi connectivity index (χ1) is 8.62. The zero-order valence-electron chi connectivity index (χ0n) is 12.1. The largest absolute Gasteiger partial charge is 0.481 e. The van der Waals surface area contributed by atoms with Crippen LogP contribution in [0.3, 0.4) is 0 Å². The summed E-state index contributed by atoms with van der Waals surface area (Å²) in [5.41, 5.74) is 15.2. The summed E-state index contributed by atoms with van der Waals surface area (Å²) in [6.45, 7) is 8.35. The molecule has 0 aromatic heterocycles. The smallest absolute Gasteiger partial charge is 0.304 e. The lowest BCUT2D eigenvalue weighted by Gasteiger charge is -2.25. The fourth-order valence-corrected chi connectivity index (χ4v) is 2.03. The molecule has 5 N–H and O–H groups in total. The molecule has 0 fully saturated rings. The van der Waals surface area contributed by atoms with E-state index in [0.29, 0.717) is 0 Å². The molecule has 0 saturated carbocycles. The maximum Gasteiger partial charge on any atom is 0.304 e. The number of nitrogens with two attached hydrogens (primary N) is 2. The minimum Gasteiger partial charge on any atom is -0.481 e. The lowest BCUT2D eigenvalue weighted by molar-refractivity contribution is -0.137. The van der Waals surface area contributed by atoms with Crippen molar-refractivity contribution in [3.8, 4) is 0 Å². The topological polar surface area (TPSA) is 89.3 Å². The van der Waals surface area contributed by atoms with Crippen LogP contribution in [0.1, 0.15) is 49.9 Å². The van der Waals surface area contributed by atoms with Gasteiger partial charge in [-0.3, -0.25) is 4.79 Å². The third-order valence-corrected chi connectivity index (χ3v) is 3.38. The number of aliphatic carboxylic acids is 1. The van der Waals surface area contributed by atoms with Crippen molar-refractivity contribution in [3.05, 3.63) is 34.9 Å². The molecule has 0 radical (unpaired) electrons. The summed E-state index contributed by atoms with van der Waals surface area (Å²) in [5, 5.41) is 8.80. The third kappa shape index (κ3) is 4.04. The van der Waals surface area contributed by atoms with Crippen molar-refractivity contribution >= 4 is 5.97 Å². The van der Waals surface area contributed by atoms with E-state index in [2.05, 4.69) is 26.8 Å². The van der Waals surface area contributed by atoms with E-state index in [0.717, 1.165) is 11.1 Å². The first kappa shape index (κ1) is 15.7. The van der Waals surface area contributed by atoms with Crippen LogP contribution < -0.4 is 11.5 Å². The zero-order chi connectivity index (χ0) is 14.8. The van der Waals surface area contributed by atoms with E-state index < -0.39 is 18.1 Å². The van der Waals surface area contributed by atoms with E-state index in [9.17, 15) is 4.79 Å². The molecule has 2 atom stereocenters. The van der Waals surface area contributed by atoms with Gasteiger partial charge in [-0.25, -0.2) is 0 Å². The molecule has 0 aliphatic carbocycles. The van der Waals surface area contributed by atoms with E-state index in [-0.39, 0.29) is 11.8 Å². The number of rotatable bonds is 4. The van der Waals surface area contributed by atoms with Crippen molar-refractivity contribution in [1.29, 1.82) is 0 Å². The SMILES string of the molecule is Cc1ccc(C(C)(C)C)cc1C(N)C(N)CC(=O)O. The third-order valence-electron chi connectivity index (χ3n) is 3.38. The Hall–Kier alpha value is -1.39. The standard InChI is InChI=1S/C15H24N2O2/c1-9-5-6-10(15(2,3)4)7-11(9)14(17)12(16)8-13(18)19/h5-7,12,14H,8,16-17H2,1-4H3,(H,18,19). The summed E-state index contributed by atoms with van der Waals surface area (Å²) in [6, 6.07) is 5.10. The van der Waals surface area contributed by atoms with Crippen molar-refractivity contribution in [3.63, 3.8) is 0 Å². The molecular weight excluding hydrogens is 240 g/mol. The second-order valence-corrected chi connectivity index (χ2v) is 6.11. The Kier molecular flexibility index (Phi) is 4.71. The van der Waals surface area contributed by atoms with Gasteiger partial charge in [-0.1, -0.05) is 39.0 Å². The van der Waals surface area contributed by atoms with Crippen molar-refractivity contribution < 1.29 is 9.90 Å². The molecule has 0 heterocycles. The van der Waals surface area contributed by atoms with Crippen molar-refractivity contribution in [1.82, 2.24) is 0 Å². The predicted molar refractivity (Wildman–Crippen MR) is 77.0 cm³/mol. The average molecular weight is 264 g/mol. The minimum absolute atomic E-state index is 0.0268. The molecule has 0 spiro atoms. The van der Waals surface area contributed by atoms with Crippen LogP contribution in [0, 0.1) is 6.92 Å². The van der Waals surface area contributed by atoms with Crippen molar-refractivity contribution in [2.24, 2.45) is 11.5 Å². The molecule has 1 aromatic carbocycles. The van der Waals surface area contributed by atoms with E-state index in [1.807, 2.05) is 19.1 Å². The van der Waals surface area contributed by atoms with Gasteiger partial charge in [0.15, 0.2) is 0 Å². The molecule has 0 bridgehead atoms. The Bertz CT molecular complexity index is 464. The summed E-state index contributed by atoms with van der Waals surface area (Å²) in [7, 11) is 0. The monoisotopic (exact) mass is 264 g/mol. The lowest BCUT2D eigenvalue weighted by atomic mass is 9.83. The summed E-state index contributed by atoms with van der Waals surface area (Å²) >= 11 is 0. The normalized spacial score (nSPS) is 15.1. The molecule has 0 aliphatic rings. The highest BCUT2D eigenvalue weighted by molar-refractivity contribution is 5.67. The van der Waals surface area contributed by atoms with Gasteiger partial charge in [0.25, 0.3) is 0 Å². The van der Waals surface area contributed by atoms with Crippen LogP contribution in [0.15, 0.2) is 18.2 Å². The maximum atomic E-state index is 10.7. The average Bonchev–Trinajstić information content (AvgIpc) is 2.26. The van der Waals surface area contributed by atoms with Crippen LogP contribution >= 0.6 is 0 Å². The molecular formula is C15H24N2O2. The fourth-order valence-electron chi connectivity index (χ4n) is 2.03. The van der Waals surface area contributed by atoms with Gasteiger partial charge < -0.3 is 16.6 Å². The van der Waals surface area contributed by atoms with Gasteiger partial charge in [0, 0.05) is 12.1 Å². The van der Waals surface area contributed by atoms with Gasteiger partial charge in [0.2, 0.25) is 0 Å². The van der Waals surface area contributed by atoms with Gasteiger partial charge in [0.05, 0.1) is 6.42 Å². The highest BCUT2D eigenvalue weighted by Gasteiger charge is 2.22. The Morgan fingerprint density at radius 1 is 1.32 bits per heavy atom. The molecule has 0 saturated heterocycles. The molecule has 4 heteroatoms. The molecule has 0 amide bonds. The van der Waals surface area contributed by atoms with Crippen LogP contribution in [0.2, 0.25) is 0 Å². The van der Waals surface area contributed by atoms with Crippen LogP contribution in [0.25, 0.3) is 0 Å². The van der Waals surface area contributed by atoms with Gasteiger partial charge in [0.1, 0.15) is 0 Å². The number of hydrogen-bond acceptors (Lipinski definition) is 3. The Labute approximate surface area is 114 Å². The zero-order valence-corrected chi connectivity index (χ0v) is 12.1. The van der Waals surface area contributed by atoms with Gasteiger partial charge >= 0.3 is 5.97 Å². The second kappa shape index (κ2) is 5.72. The first-order valence-corrected chi connectivity index (χ1v) is 6.47. The summed E-state index contributed by atoms with van der Waals surface area (Å²) in [6.07, 6.45) is -0.125. The van der Waals surface area contributed by atoms with Gasteiger partial charge in [-0.2, -0.15) is 0 Å². The van der Waals surface area contributed by atoms with E-state index in [4.69, 9.17) is 16.6 Å². The second-order valence-electron chi connectivity index (χ2n) is 6.11. The fraction of sp³-hybridized carbons (Fsp3) is 0.533. The number of carboxylic acids is 1. The highest BCUT2D eigenvalue weighted by Crippen LogP contribution is 2.27. The first-order valence-electron chi connectivity index (χ1n) is 6.47. The van der Waals surface area contributed by atoms with Crippen LogP contribution in [0.5, 0.6) is 0 Å². The van der Waals surface area contributed by atoms with E-state index in [1.54, 1.807) is 0 Å². The predicted octanol–water partition coefficient (Wildman–Crippen LogP) is 2.09. The molecule has 106 valence electrons. The van der Waals surface area contributed by atoms with Gasteiger partial charge in [-0.05, 0) is 29.0 Å².